The first-order valence-corrected chi connectivity index (χ1v) is 9.08. The molecule has 4 nitrogen and oxygen atoms in total. The largest absolute Gasteiger partial charge is 0.505 e. The second kappa shape index (κ2) is 8.41. The predicted octanol–water partition coefficient (Wildman–Crippen LogP) is 4.55. The van der Waals surface area contributed by atoms with Gasteiger partial charge in [0.25, 0.3) is 5.91 Å². The molecule has 1 aliphatic carbocycles. The van der Waals surface area contributed by atoms with Crippen molar-refractivity contribution in [3.05, 3.63) is 58.9 Å². The van der Waals surface area contributed by atoms with Crippen molar-refractivity contribution in [1.82, 2.24) is 5.32 Å². The maximum atomic E-state index is 13.3. The van der Waals surface area contributed by atoms with Crippen molar-refractivity contribution in [3.8, 4) is 11.5 Å². The third kappa shape index (κ3) is 4.88. The van der Waals surface area contributed by atoms with E-state index in [1.165, 1.54) is 12.1 Å². The highest BCUT2D eigenvalue weighted by molar-refractivity contribution is 6.30. The summed E-state index contributed by atoms with van der Waals surface area (Å²) in [5.74, 6) is -0.381. The third-order valence-electron chi connectivity index (χ3n) is 4.67. The summed E-state index contributed by atoms with van der Waals surface area (Å²) in [5.41, 5.74) is 0.208. The van der Waals surface area contributed by atoms with Crippen LogP contribution >= 0.6 is 11.6 Å². The molecule has 0 aliphatic heterocycles. The van der Waals surface area contributed by atoms with Gasteiger partial charge in [0.2, 0.25) is 0 Å². The van der Waals surface area contributed by atoms with E-state index in [9.17, 15) is 14.3 Å². The molecule has 0 radical (unpaired) electrons. The van der Waals surface area contributed by atoms with Gasteiger partial charge < -0.3 is 15.2 Å². The minimum Gasteiger partial charge on any atom is -0.505 e. The van der Waals surface area contributed by atoms with Crippen molar-refractivity contribution in [2.45, 2.75) is 31.8 Å². The van der Waals surface area contributed by atoms with E-state index in [0.717, 1.165) is 37.5 Å². The van der Waals surface area contributed by atoms with Crippen LogP contribution in [-0.4, -0.2) is 23.7 Å². The average molecular weight is 378 g/mol. The van der Waals surface area contributed by atoms with Crippen LogP contribution in [0.4, 0.5) is 4.39 Å². The summed E-state index contributed by atoms with van der Waals surface area (Å²) in [7, 11) is 0. The Bertz CT molecular complexity index is 758. The SMILES string of the molecule is O=C(NC[C@H]1CC[C@@H](Oc2ccc(Cl)cc2)CC1)c1ccc(O)c(F)c1. The maximum Gasteiger partial charge on any atom is 0.251 e. The fourth-order valence-electron chi connectivity index (χ4n) is 3.15. The Morgan fingerprint density at radius 1 is 1.15 bits per heavy atom. The summed E-state index contributed by atoms with van der Waals surface area (Å²) >= 11 is 5.87. The second-order valence-electron chi connectivity index (χ2n) is 6.59. The molecule has 0 saturated heterocycles. The molecule has 0 spiro atoms. The molecule has 6 heteroatoms. The Morgan fingerprint density at radius 3 is 2.50 bits per heavy atom. The number of phenols is 1. The van der Waals surface area contributed by atoms with Gasteiger partial charge >= 0.3 is 0 Å². The summed E-state index contributed by atoms with van der Waals surface area (Å²) in [5, 5.41) is 12.7. The van der Waals surface area contributed by atoms with Crippen LogP contribution in [0.3, 0.4) is 0 Å². The number of phenolic OH excluding ortho intramolecular Hbond substituents is 1. The van der Waals surface area contributed by atoms with Gasteiger partial charge in [-0.3, -0.25) is 4.79 Å². The lowest BCUT2D eigenvalue weighted by atomic mass is 9.87. The van der Waals surface area contributed by atoms with E-state index in [0.29, 0.717) is 17.5 Å². The Kier molecular flexibility index (Phi) is 5.99. The van der Waals surface area contributed by atoms with Crippen LogP contribution < -0.4 is 10.1 Å². The lowest BCUT2D eigenvalue weighted by molar-refractivity contribution is 0.0928. The Morgan fingerprint density at radius 2 is 1.85 bits per heavy atom. The van der Waals surface area contributed by atoms with Crippen LogP contribution in [0.1, 0.15) is 36.0 Å². The summed E-state index contributed by atoms with van der Waals surface area (Å²) in [4.78, 5) is 12.1. The van der Waals surface area contributed by atoms with Gasteiger partial charge in [-0.1, -0.05) is 11.6 Å². The van der Waals surface area contributed by atoms with Gasteiger partial charge in [0.15, 0.2) is 11.6 Å². The summed E-state index contributed by atoms with van der Waals surface area (Å²) in [6, 6.07) is 11.0. The maximum absolute atomic E-state index is 13.3. The van der Waals surface area contributed by atoms with Crippen molar-refractivity contribution < 1.29 is 19.0 Å². The first-order valence-electron chi connectivity index (χ1n) is 8.70. The molecular weight excluding hydrogens is 357 g/mol. The van der Waals surface area contributed by atoms with Gasteiger partial charge in [-0.2, -0.15) is 0 Å². The predicted molar refractivity (Wildman–Crippen MR) is 98.2 cm³/mol. The molecule has 1 saturated carbocycles. The molecule has 0 bridgehead atoms. The van der Waals surface area contributed by atoms with E-state index in [1.807, 2.05) is 24.3 Å². The zero-order valence-electron chi connectivity index (χ0n) is 14.3. The fraction of sp³-hybridized carbons (Fsp3) is 0.350. The Balaban J connectivity index is 1.43. The Labute approximate surface area is 156 Å². The van der Waals surface area contributed by atoms with E-state index in [-0.39, 0.29) is 17.6 Å². The topological polar surface area (TPSA) is 58.6 Å². The normalized spacial score (nSPS) is 19.8. The number of carbonyl (C=O) groups is 1. The van der Waals surface area contributed by atoms with Crippen LogP contribution in [0.5, 0.6) is 11.5 Å². The molecular formula is C20H21ClFNO3. The Hall–Kier alpha value is -2.27. The molecule has 1 fully saturated rings. The van der Waals surface area contributed by atoms with Crippen LogP contribution in [0.15, 0.2) is 42.5 Å². The van der Waals surface area contributed by atoms with E-state index in [2.05, 4.69) is 5.32 Å². The second-order valence-corrected chi connectivity index (χ2v) is 7.03. The van der Waals surface area contributed by atoms with Gasteiger partial charge in [0, 0.05) is 17.1 Å². The zero-order valence-corrected chi connectivity index (χ0v) is 15.0. The van der Waals surface area contributed by atoms with E-state index >= 15 is 0 Å². The minimum atomic E-state index is -0.794. The lowest BCUT2D eigenvalue weighted by Gasteiger charge is -2.29. The molecule has 0 aromatic heterocycles. The van der Waals surface area contributed by atoms with Crippen molar-refractivity contribution in [1.29, 1.82) is 0 Å². The number of hydrogen-bond acceptors (Lipinski definition) is 3. The van der Waals surface area contributed by atoms with Crippen LogP contribution in [0.2, 0.25) is 5.02 Å². The van der Waals surface area contributed by atoms with Gasteiger partial charge in [-0.05, 0) is 74.1 Å². The molecule has 3 rings (SSSR count). The standard InChI is InChI=1S/C20H21ClFNO3/c21-15-4-8-17(9-5-15)26-16-6-1-13(2-7-16)12-23-20(25)14-3-10-19(24)18(22)11-14/h3-5,8-11,13,16,24H,1-2,6-7,12H2,(H,23,25)/t13-,16+. The minimum absolute atomic E-state index is 0.175. The molecule has 138 valence electrons. The molecule has 2 N–H and O–H groups in total. The van der Waals surface area contributed by atoms with Crippen LogP contribution in [0.25, 0.3) is 0 Å². The number of amides is 1. The summed E-state index contributed by atoms with van der Waals surface area (Å²) < 4.78 is 19.3. The number of nitrogens with one attached hydrogen (secondary N) is 1. The fourth-order valence-corrected chi connectivity index (χ4v) is 3.27. The molecule has 1 aliphatic rings. The van der Waals surface area contributed by atoms with Crippen LogP contribution in [-0.2, 0) is 0 Å². The van der Waals surface area contributed by atoms with Crippen LogP contribution in [0, 0.1) is 11.7 Å². The highest BCUT2D eigenvalue weighted by atomic mass is 35.5. The molecule has 26 heavy (non-hydrogen) atoms. The van der Waals surface area contributed by atoms with Gasteiger partial charge in [-0.15, -0.1) is 0 Å². The monoisotopic (exact) mass is 377 g/mol. The van der Waals surface area contributed by atoms with E-state index < -0.39 is 11.6 Å². The number of hydrogen-bond donors (Lipinski definition) is 2. The number of ether oxygens (including phenoxy) is 1. The quantitative estimate of drug-likeness (QED) is 0.803. The molecule has 0 unspecified atom stereocenters. The number of aromatic hydroxyl groups is 1. The van der Waals surface area contributed by atoms with Crippen molar-refractivity contribution in [2.24, 2.45) is 5.92 Å². The first-order chi connectivity index (χ1) is 12.5. The highest BCUT2D eigenvalue weighted by Gasteiger charge is 2.23. The summed E-state index contributed by atoms with van der Waals surface area (Å²) in [6.07, 6.45) is 3.95. The van der Waals surface area contributed by atoms with Gasteiger partial charge in [-0.25, -0.2) is 4.39 Å². The van der Waals surface area contributed by atoms with E-state index in [4.69, 9.17) is 16.3 Å². The third-order valence-corrected chi connectivity index (χ3v) is 4.92. The van der Waals surface area contributed by atoms with Crippen molar-refractivity contribution in [3.63, 3.8) is 0 Å². The highest BCUT2D eigenvalue weighted by Crippen LogP contribution is 2.28. The number of carbonyl (C=O) groups excluding carboxylic acids is 1. The molecule has 2 aromatic carbocycles. The molecule has 0 heterocycles. The van der Waals surface area contributed by atoms with Crippen molar-refractivity contribution >= 4 is 17.5 Å². The van der Waals surface area contributed by atoms with Gasteiger partial charge in [0.05, 0.1) is 6.10 Å². The lowest BCUT2D eigenvalue weighted by Crippen LogP contribution is -2.33. The first kappa shape index (κ1) is 18.5. The summed E-state index contributed by atoms with van der Waals surface area (Å²) in [6.45, 7) is 0.551. The smallest absolute Gasteiger partial charge is 0.251 e. The van der Waals surface area contributed by atoms with Crippen molar-refractivity contribution in [2.75, 3.05) is 6.54 Å². The van der Waals surface area contributed by atoms with E-state index in [1.54, 1.807) is 0 Å². The number of benzene rings is 2. The van der Waals surface area contributed by atoms with Gasteiger partial charge in [0.1, 0.15) is 5.75 Å². The molecule has 1 amide bonds. The number of halogens is 2. The average Bonchev–Trinajstić information content (AvgIpc) is 2.65. The molecule has 2 aromatic rings. The molecule has 0 atom stereocenters. The number of rotatable bonds is 5. The zero-order chi connectivity index (χ0) is 18.5.